The third-order valence-electron chi connectivity index (χ3n) is 5.42. The molecule has 2 N–H and O–H groups in total. The standard InChI is InChI=1S/C20H25N5O3/c1-23-17-16(18(27)22-20(23)28)25(13-15(26)14-9-5-4-6-10-14)19(21-17)24-11-7-2-3-8-12-24/h4-6,9-10,15,26H,2-3,7-8,11-13H2,1H3,(H,22,27,28)/t15-/m0/s1. The van der Waals surface area contributed by atoms with Gasteiger partial charge in [-0.25, -0.2) is 4.79 Å². The second-order valence-corrected chi connectivity index (χ2v) is 7.34. The molecule has 0 unspecified atom stereocenters. The Morgan fingerprint density at radius 2 is 1.79 bits per heavy atom. The first kappa shape index (κ1) is 18.5. The van der Waals surface area contributed by atoms with Crippen molar-refractivity contribution in [3.05, 3.63) is 56.7 Å². The molecule has 0 aliphatic carbocycles. The van der Waals surface area contributed by atoms with E-state index in [9.17, 15) is 14.7 Å². The summed E-state index contributed by atoms with van der Waals surface area (Å²) < 4.78 is 3.11. The van der Waals surface area contributed by atoms with Crippen LogP contribution >= 0.6 is 0 Å². The van der Waals surface area contributed by atoms with Gasteiger partial charge in [0.05, 0.1) is 12.6 Å². The third-order valence-corrected chi connectivity index (χ3v) is 5.42. The summed E-state index contributed by atoms with van der Waals surface area (Å²) in [6.07, 6.45) is 3.66. The molecule has 1 aromatic carbocycles. The van der Waals surface area contributed by atoms with E-state index >= 15 is 0 Å². The Hall–Kier alpha value is -2.87. The number of aromatic amines is 1. The van der Waals surface area contributed by atoms with Crippen molar-refractivity contribution in [1.82, 2.24) is 19.1 Å². The van der Waals surface area contributed by atoms with Gasteiger partial charge in [-0.3, -0.25) is 14.3 Å². The highest BCUT2D eigenvalue weighted by atomic mass is 16.3. The van der Waals surface area contributed by atoms with Crippen LogP contribution in [0.25, 0.3) is 11.2 Å². The number of aromatic nitrogens is 4. The summed E-state index contributed by atoms with van der Waals surface area (Å²) >= 11 is 0. The van der Waals surface area contributed by atoms with E-state index in [1.165, 1.54) is 17.4 Å². The second-order valence-electron chi connectivity index (χ2n) is 7.34. The zero-order valence-electron chi connectivity index (χ0n) is 16.0. The average molecular weight is 383 g/mol. The lowest BCUT2D eigenvalue weighted by Gasteiger charge is -2.23. The van der Waals surface area contributed by atoms with Crippen LogP contribution in [0.2, 0.25) is 0 Å². The Balaban J connectivity index is 1.86. The summed E-state index contributed by atoms with van der Waals surface area (Å²) in [5, 5.41) is 10.8. The molecule has 3 heterocycles. The molecule has 0 amide bonds. The van der Waals surface area contributed by atoms with Gasteiger partial charge in [0, 0.05) is 20.1 Å². The molecule has 28 heavy (non-hydrogen) atoms. The molecule has 8 heteroatoms. The molecule has 0 spiro atoms. The number of nitrogens with zero attached hydrogens (tertiary/aromatic N) is 4. The normalized spacial score (nSPS) is 16.3. The third kappa shape index (κ3) is 3.35. The largest absolute Gasteiger partial charge is 0.387 e. The summed E-state index contributed by atoms with van der Waals surface area (Å²) in [6, 6.07) is 9.35. The molecule has 1 aliphatic heterocycles. The lowest BCUT2D eigenvalue weighted by Crippen LogP contribution is -2.30. The van der Waals surface area contributed by atoms with E-state index in [1.54, 1.807) is 11.6 Å². The predicted molar refractivity (Wildman–Crippen MR) is 108 cm³/mol. The van der Waals surface area contributed by atoms with Crippen molar-refractivity contribution in [2.75, 3.05) is 18.0 Å². The van der Waals surface area contributed by atoms with Crippen molar-refractivity contribution < 1.29 is 5.11 Å². The number of fused-ring (bicyclic) bond motifs is 1. The molecule has 1 saturated heterocycles. The molecule has 2 aromatic heterocycles. The van der Waals surface area contributed by atoms with Gasteiger partial charge >= 0.3 is 5.69 Å². The smallest absolute Gasteiger partial charge is 0.329 e. The molecule has 0 saturated carbocycles. The number of aliphatic hydroxyl groups is 1. The Morgan fingerprint density at radius 3 is 2.46 bits per heavy atom. The number of aliphatic hydroxyl groups excluding tert-OH is 1. The lowest BCUT2D eigenvalue weighted by molar-refractivity contribution is 0.158. The number of hydrogen-bond donors (Lipinski definition) is 2. The first-order valence-corrected chi connectivity index (χ1v) is 9.74. The molecule has 3 aromatic rings. The van der Waals surface area contributed by atoms with Crippen LogP contribution in [-0.2, 0) is 13.6 Å². The fourth-order valence-electron chi connectivity index (χ4n) is 3.86. The number of anilines is 1. The van der Waals surface area contributed by atoms with Gasteiger partial charge in [-0.2, -0.15) is 4.98 Å². The van der Waals surface area contributed by atoms with Crippen LogP contribution in [0.4, 0.5) is 5.95 Å². The van der Waals surface area contributed by atoms with Crippen LogP contribution < -0.4 is 16.1 Å². The Morgan fingerprint density at radius 1 is 1.11 bits per heavy atom. The second kappa shape index (κ2) is 7.63. The van der Waals surface area contributed by atoms with Crippen LogP contribution in [0.1, 0.15) is 37.4 Å². The van der Waals surface area contributed by atoms with E-state index in [0.717, 1.165) is 31.5 Å². The topological polar surface area (TPSA) is 96.1 Å². The summed E-state index contributed by atoms with van der Waals surface area (Å²) in [5.74, 6) is 0.638. The number of nitrogens with one attached hydrogen (secondary N) is 1. The highest BCUT2D eigenvalue weighted by Crippen LogP contribution is 2.25. The highest BCUT2D eigenvalue weighted by molar-refractivity contribution is 5.74. The minimum atomic E-state index is -0.791. The van der Waals surface area contributed by atoms with Crippen molar-refractivity contribution in [1.29, 1.82) is 0 Å². The maximum Gasteiger partial charge on any atom is 0.329 e. The predicted octanol–water partition coefficient (Wildman–Crippen LogP) is 1.54. The monoisotopic (exact) mass is 383 g/mol. The number of rotatable bonds is 4. The molecule has 1 fully saturated rings. The lowest BCUT2D eigenvalue weighted by atomic mass is 10.1. The van der Waals surface area contributed by atoms with Crippen molar-refractivity contribution in [3.63, 3.8) is 0 Å². The molecule has 0 radical (unpaired) electrons. The first-order valence-electron chi connectivity index (χ1n) is 9.74. The number of benzene rings is 1. The van der Waals surface area contributed by atoms with Gasteiger partial charge in [0.25, 0.3) is 5.56 Å². The van der Waals surface area contributed by atoms with Gasteiger partial charge in [0.15, 0.2) is 11.2 Å². The van der Waals surface area contributed by atoms with Gasteiger partial charge in [0.1, 0.15) is 0 Å². The molecule has 1 aliphatic rings. The van der Waals surface area contributed by atoms with Crippen molar-refractivity contribution >= 4 is 17.1 Å². The number of hydrogen-bond acceptors (Lipinski definition) is 5. The minimum Gasteiger partial charge on any atom is -0.387 e. The number of aryl methyl sites for hydroxylation is 1. The summed E-state index contributed by atoms with van der Waals surface area (Å²) in [5.41, 5.74) is 0.456. The molecular weight excluding hydrogens is 358 g/mol. The Bertz CT molecular complexity index is 1070. The fraction of sp³-hybridized carbons (Fsp3) is 0.450. The van der Waals surface area contributed by atoms with E-state index < -0.39 is 17.4 Å². The van der Waals surface area contributed by atoms with E-state index in [1.807, 2.05) is 30.3 Å². The quantitative estimate of drug-likeness (QED) is 0.712. The van der Waals surface area contributed by atoms with Crippen molar-refractivity contribution in [2.45, 2.75) is 38.3 Å². The van der Waals surface area contributed by atoms with E-state index in [0.29, 0.717) is 17.1 Å². The molecule has 0 bridgehead atoms. The average Bonchev–Trinajstić information content (AvgIpc) is 2.88. The first-order chi connectivity index (χ1) is 13.6. The summed E-state index contributed by atoms with van der Waals surface area (Å²) in [6.45, 7) is 1.88. The molecule has 1 atom stereocenters. The maximum absolute atomic E-state index is 12.6. The van der Waals surface area contributed by atoms with Crippen LogP contribution in [0.5, 0.6) is 0 Å². The van der Waals surface area contributed by atoms with Gasteiger partial charge in [-0.1, -0.05) is 43.2 Å². The molecular formula is C20H25N5O3. The summed E-state index contributed by atoms with van der Waals surface area (Å²) in [7, 11) is 1.60. The van der Waals surface area contributed by atoms with Gasteiger partial charge in [0.2, 0.25) is 5.95 Å². The van der Waals surface area contributed by atoms with Crippen LogP contribution in [0, 0.1) is 0 Å². The van der Waals surface area contributed by atoms with E-state index in [-0.39, 0.29) is 6.54 Å². The van der Waals surface area contributed by atoms with E-state index in [4.69, 9.17) is 0 Å². The molecule has 8 nitrogen and oxygen atoms in total. The van der Waals surface area contributed by atoms with E-state index in [2.05, 4.69) is 14.9 Å². The van der Waals surface area contributed by atoms with Gasteiger partial charge in [-0.15, -0.1) is 0 Å². The van der Waals surface area contributed by atoms with Gasteiger partial charge in [-0.05, 0) is 18.4 Å². The minimum absolute atomic E-state index is 0.188. The maximum atomic E-state index is 12.6. The molecule has 148 valence electrons. The van der Waals surface area contributed by atoms with Crippen molar-refractivity contribution in [2.24, 2.45) is 7.05 Å². The zero-order chi connectivity index (χ0) is 19.7. The molecule has 4 rings (SSSR count). The highest BCUT2D eigenvalue weighted by Gasteiger charge is 2.24. The van der Waals surface area contributed by atoms with Gasteiger partial charge < -0.3 is 14.6 Å². The van der Waals surface area contributed by atoms with Crippen LogP contribution in [-0.4, -0.2) is 37.3 Å². The number of imidazole rings is 1. The fourth-order valence-corrected chi connectivity index (χ4v) is 3.86. The van der Waals surface area contributed by atoms with Crippen molar-refractivity contribution in [3.8, 4) is 0 Å². The van der Waals surface area contributed by atoms with Crippen LogP contribution in [0.3, 0.4) is 0 Å². The summed E-state index contributed by atoms with van der Waals surface area (Å²) in [4.78, 5) is 33.9. The Kier molecular flexibility index (Phi) is 5.04. The zero-order valence-corrected chi connectivity index (χ0v) is 16.0. The van der Waals surface area contributed by atoms with Crippen LogP contribution in [0.15, 0.2) is 39.9 Å². The Labute approximate surface area is 162 Å². The number of H-pyrrole nitrogens is 1. The SMILES string of the molecule is Cn1c(=O)[nH]c(=O)c2c1nc(N1CCCCCC1)n2C[C@H](O)c1ccccc1.